The number of hydrogen-bond acceptors (Lipinski definition) is 6. The molecule has 7 heteroatoms. The standard InChI is InChI=1S/C22H28NO6/c1-5-27-21(25)28-11-23(3)12(2)14-7-8-16(24)20-22(14)10-15(23)13-6-9-17(26-4)19(29-20)18(13)22/h6-9,12,14-16,20,24H,5,10-11H2,1-4H3/q+1. The van der Waals surface area contributed by atoms with Gasteiger partial charge >= 0.3 is 6.16 Å². The number of fused-ring (bicyclic) bond motifs is 2. The summed E-state index contributed by atoms with van der Waals surface area (Å²) in [7, 11) is 3.79. The SMILES string of the molecule is CCOC(=O)OC[N+]1(C)C2CC34c5c2ccc(OC)c5OC3C(O)C=CC4C1C. The van der Waals surface area contributed by atoms with Crippen molar-refractivity contribution in [2.75, 3.05) is 27.5 Å². The highest BCUT2D eigenvalue weighted by Gasteiger charge is 2.72. The minimum Gasteiger partial charge on any atom is -0.493 e. The lowest BCUT2D eigenvalue weighted by atomic mass is 9.59. The lowest BCUT2D eigenvalue weighted by Crippen LogP contribution is -2.66. The Morgan fingerprint density at radius 1 is 1.34 bits per heavy atom. The summed E-state index contributed by atoms with van der Waals surface area (Å²) in [5.74, 6) is 1.62. The Morgan fingerprint density at radius 2 is 2.14 bits per heavy atom. The first kappa shape index (κ1) is 18.8. The van der Waals surface area contributed by atoms with Crippen LogP contribution >= 0.6 is 0 Å². The van der Waals surface area contributed by atoms with Gasteiger partial charge in [-0.25, -0.2) is 4.79 Å². The second kappa shape index (κ2) is 6.12. The fourth-order valence-electron chi connectivity index (χ4n) is 6.34. The number of rotatable bonds is 4. The summed E-state index contributed by atoms with van der Waals surface area (Å²) in [5, 5.41) is 10.8. The molecular weight excluding hydrogens is 374 g/mol. The van der Waals surface area contributed by atoms with Crippen LogP contribution in [0.3, 0.4) is 0 Å². The summed E-state index contributed by atoms with van der Waals surface area (Å²) in [4.78, 5) is 11.9. The van der Waals surface area contributed by atoms with E-state index in [9.17, 15) is 9.90 Å². The Morgan fingerprint density at radius 3 is 2.86 bits per heavy atom. The molecule has 0 aromatic heterocycles. The van der Waals surface area contributed by atoms with Crippen LogP contribution in [-0.4, -0.2) is 61.5 Å². The van der Waals surface area contributed by atoms with Gasteiger partial charge in [0.15, 0.2) is 11.5 Å². The smallest absolute Gasteiger partial charge is 0.493 e. The largest absolute Gasteiger partial charge is 0.512 e. The van der Waals surface area contributed by atoms with E-state index in [1.54, 1.807) is 14.0 Å². The summed E-state index contributed by atoms with van der Waals surface area (Å²) in [6.07, 6.45) is 3.21. The van der Waals surface area contributed by atoms with Gasteiger partial charge in [-0.2, -0.15) is 0 Å². The average Bonchev–Trinajstić information content (AvgIpc) is 3.21. The second-order valence-electron chi connectivity index (χ2n) is 8.81. The maximum Gasteiger partial charge on any atom is 0.512 e. The zero-order valence-electron chi connectivity index (χ0n) is 17.3. The molecule has 7 nitrogen and oxygen atoms in total. The predicted octanol–water partition coefficient (Wildman–Crippen LogP) is 2.67. The van der Waals surface area contributed by atoms with Crippen molar-refractivity contribution in [1.29, 1.82) is 0 Å². The Hall–Kier alpha value is -2.25. The van der Waals surface area contributed by atoms with Crippen molar-refractivity contribution in [3.8, 4) is 11.5 Å². The van der Waals surface area contributed by atoms with E-state index in [0.717, 1.165) is 12.2 Å². The molecule has 4 aliphatic rings. The Bertz CT molecular complexity index is 900. The molecule has 2 heterocycles. The molecule has 2 bridgehead atoms. The molecule has 1 spiro atoms. The van der Waals surface area contributed by atoms with Gasteiger partial charge in [0.2, 0.25) is 6.73 Å². The Balaban J connectivity index is 1.64. The van der Waals surface area contributed by atoms with Gasteiger partial charge in [0, 0.05) is 23.5 Å². The normalized spacial score (nSPS) is 40.2. The minimum atomic E-state index is -0.658. The lowest BCUT2D eigenvalue weighted by molar-refractivity contribution is -0.983. The lowest BCUT2D eigenvalue weighted by Gasteiger charge is -2.55. The molecule has 7 atom stereocenters. The van der Waals surface area contributed by atoms with Crippen LogP contribution in [0.15, 0.2) is 24.3 Å². The van der Waals surface area contributed by atoms with E-state index in [1.807, 2.05) is 12.1 Å². The molecule has 1 N–H and O–H groups in total. The number of ether oxygens (including phenoxy) is 4. The first-order chi connectivity index (χ1) is 13.9. The molecule has 2 aliphatic carbocycles. The van der Waals surface area contributed by atoms with Crippen LogP contribution < -0.4 is 9.47 Å². The van der Waals surface area contributed by atoms with Crippen LogP contribution in [0.2, 0.25) is 0 Å². The molecule has 2 aliphatic heterocycles. The number of likely N-dealkylation sites (tertiary alicyclic amines) is 1. The molecule has 0 saturated carbocycles. The number of hydrogen-bond donors (Lipinski definition) is 1. The van der Waals surface area contributed by atoms with Crippen molar-refractivity contribution >= 4 is 6.16 Å². The maximum absolute atomic E-state index is 11.9. The molecule has 1 aromatic carbocycles. The van der Waals surface area contributed by atoms with Gasteiger partial charge in [-0.05, 0) is 26.0 Å². The van der Waals surface area contributed by atoms with Crippen LogP contribution in [0.1, 0.15) is 37.4 Å². The maximum atomic E-state index is 11.9. The van der Waals surface area contributed by atoms with Crippen molar-refractivity contribution in [3.05, 3.63) is 35.4 Å². The molecule has 0 amide bonds. The fraction of sp³-hybridized carbons (Fsp3) is 0.591. The summed E-state index contributed by atoms with van der Waals surface area (Å²) in [6.45, 7) is 4.49. The molecule has 5 rings (SSSR count). The van der Waals surface area contributed by atoms with Gasteiger partial charge in [-0.15, -0.1) is 0 Å². The average molecular weight is 402 g/mol. The third-order valence-corrected chi connectivity index (χ3v) is 7.79. The number of aliphatic hydroxyl groups excluding tert-OH is 1. The third-order valence-electron chi connectivity index (χ3n) is 7.79. The number of carbonyl (C=O) groups excluding carboxylic acids is 1. The molecule has 0 radical (unpaired) electrons. The van der Waals surface area contributed by atoms with E-state index < -0.39 is 12.3 Å². The molecule has 29 heavy (non-hydrogen) atoms. The molecule has 1 fully saturated rings. The number of aliphatic hydroxyl groups is 1. The quantitative estimate of drug-likeness (QED) is 0.474. The van der Waals surface area contributed by atoms with Crippen LogP contribution in [0.25, 0.3) is 0 Å². The van der Waals surface area contributed by atoms with Gasteiger partial charge in [0.1, 0.15) is 18.2 Å². The first-order valence-electron chi connectivity index (χ1n) is 10.3. The van der Waals surface area contributed by atoms with Crippen molar-refractivity contribution < 1.29 is 33.3 Å². The summed E-state index contributed by atoms with van der Waals surface area (Å²) in [6, 6.07) is 4.35. The van der Waals surface area contributed by atoms with Crippen LogP contribution in [0.5, 0.6) is 11.5 Å². The first-order valence-corrected chi connectivity index (χ1v) is 10.3. The summed E-state index contributed by atoms with van der Waals surface area (Å²) in [5.41, 5.74) is 2.10. The molecular formula is C22H28NO6+. The number of piperidine rings is 1. The third kappa shape index (κ3) is 2.17. The molecule has 156 valence electrons. The van der Waals surface area contributed by atoms with E-state index in [1.165, 1.54) is 11.1 Å². The number of methoxy groups -OCH3 is 1. The van der Waals surface area contributed by atoms with Crippen molar-refractivity contribution in [1.82, 2.24) is 0 Å². The van der Waals surface area contributed by atoms with Crippen LogP contribution in [0.4, 0.5) is 4.79 Å². The van der Waals surface area contributed by atoms with Crippen LogP contribution in [-0.2, 0) is 14.9 Å². The highest BCUT2D eigenvalue weighted by Crippen LogP contribution is 2.69. The zero-order valence-corrected chi connectivity index (χ0v) is 17.3. The Labute approximate surface area is 170 Å². The van der Waals surface area contributed by atoms with E-state index >= 15 is 0 Å². The monoisotopic (exact) mass is 402 g/mol. The summed E-state index contributed by atoms with van der Waals surface area (Å²) < 4.78 is 23.0. The van der Waals surface area contributed by atoms with E-state index in [4.69, 9.17) is 18.9 Å². The topological polar surface area (TPSA) is 74.2 Å². The zero-order chi connectivity index (χ0) is 20.6. The number of nitrogens with zero attached hydrogens (tertiary/aromatic N) is 1. The number of quaternary nitrogens is 1. The summed E-state index contributed by atoms with van der Waals surface area (Å²) >= 11 is 0. The van der Waals surface area contributed by atoms with Gasteiger partial charge < -0.3 is 24.1 Å². The second-order valence-corrected chi connectivity index (χ2v) is 8.81. The number of benzene rings is 1. The van der Waals surface area contributed by atoms with Crippen molar-refractivity contribution in [3.63, 3.8) is 0 Å². The van der Waals surface area contributed by atoms with E-state index in [0.29, 0.717) is 16.8 Å². The van der Waals surface area contributed by atoms with E-state index in [-0.39, 0.29) is 36.3 Å². The molecule has 1 aromatic rings. The highest BCUT2D eigenvalue weighted by molar-refractivity contribution is 5.64. The van der Waals surface area contributed by atoms with Crippen molar-refractivity contribution in [2.45, 2.75) is 50.0 Å². The molecule has 7 unspecified atom stereocenters. The highest BCUT2D eigenvalue weighted by atomic mass is 16.7. The van der Waals surface area contributed by atoms with E-state index in [2.05, 4.69) is 26.1 Å². The number of carbonyl (C=O) groups is 1. The van der Waals surface area contributed by atoms with Gasteiger partial charge in [0.25, 0.3) is 0 Å². The van der Waals surface area contributed by atoms with Crippen molar-refractivity contribution in [2.24, 2.45) is 5.92 Å². The predicted molar refractivity (Wildman–Crippen MR) is 104 cm³/mol. The van der Waals surface area contributed by atoms with Gasteiger partial charge in [-0.1, -0.05) is 12.2 Å². The Kier molecular flexibility index (Phi) is 3.96. The van der Waals surface area contributed by atoms with Crippen LogP contribution in [0, 0.1) is 5.92 Å². The van der Waals surface area contributed by atoms with Gasteiger partial charge in [0.05, 0.1) is 32.2 Å². The van der Waals surface area contributed by atoms with Gasteiger partial charge in [-0.3, -0.25) is 4.48 Å². The minimum absolute atomic E-state index is 0.139. The molecule has 1 saturated heterocycles. The fourth-order valence-corrected chi connectivity index (χ4v) is 6.34.